The van der Waals surface area contributed by atoms with E-state index in [1.54, 1.807) is 16.7 Å². The first-order valence-corrected chi connectivity index (χ1v) is 13.9. The molecular formula is C19H34N2O3S2Si. The van der Waals surface area contributed by atoms with Crippen LogP contribution in [0.5, 0.6) is 0 Å². The van der Waals surface area contributed by atoms with Crippen LogP contribution in [0.25, 0.3) is 0 Å². The van der Waals surface area contributed by atoms with Crippen molar-refractivity contribution in [1.29, 1.82) is 0 Å². The van der Waals surface area contributed by atoms with Gasteiger partial charge in [-0.3, -0.25) is 14.5 Å². The molecule has 2 heterocycles. The molecule has 0 spiro atoms. The van der Waals surface area contributed by atoms with Crippen molar-refractivity contribution in [1.82, 2.24) is 10.2 Å². The van der Waals surface area contributed by atoms with E-state index in [1.165, 1.54) is 0 Å². The zero-order valence-electron chi connectivity index (χ0n) is 18.0. The lowest BCUT2D eigenvalue weighted by Gasteiger charge is -2.47. The van der Waals surface area contributed by atoms with Crippen LogP contribution in [0, 0.1) is 11.8 Å². The maximum absolute atomic E-state index is 13.2. The predicted molar refractivity (Wildman–Crippen MR) is 118 cm³/mol. The fraction of sp³-hybridized carbons (Fsp3) is 0.842. The number of nitrogens with one attached hydrogen (secondary N) is 1. The number of nitrogens with zero attached hydrogens (tertiary/aromatic N) is 1. The molecule has 8 heteroatoms. The monoisotopic (exact) mass is 430 g/mol. The van der Waals surface area contributed by atoms with Crippen LogP contribution in [0.15, 0.2) is 0 Å². The minimum absolute atomic E-state index is 0.00970. The van der Waals surface area contributed by atoms with Crippen molar-refractivity contribution in [3.8, 4) is 0 Å². The molecule has 154 valence electrons. The Balaban J connectivity index is 2.13. The van der Waals surface area contributed by atoms with Crippen molar-refractivity contribution >= 4 is 48.4 Å². The van der Waals surface area contributed by atoms with E-state index in [0.717, 1.165) is 5.75 Å². The summed E-state index contributed by atoms with van der Waals surface area (Å²) in [4.78, 5) is 27.2. The Hall–Kier alpha value is -0.443. The number of amides is 2. The van der Waals surface area contributed by atoms with E-state index in [4.69, 9.17) is 16.6 Å². The van der Waals surface area contributed by atoms with Crippen molar-refractivity contribution in [3.05, 3.63) is 0 Å². The van der Waals surface area contributed by atoms with Crippen LogP contribution in [-0.2, 0) is 14.0 Å². The lowest BCUT2D eigenvalue weighted by molar-refractivity contribution is -0.147. The summed E-state index contributed by atoms with van der Waals surface area (Å²) in [6.07, 6.45) is -0.215. The maximum Gasteiger partial charge on any atom is 0.233 e. The third kappa shape index (κ3) is 4.28. The second-order valence-corrected chi connectivity index (χ2v) is 16.3. The smallest absolute Gasteiger partial charge is 0.233 e. The first-order chi connectivity index (χ1) is 12.1. The van der Waals surface area contributed by atoms with Crippen molar-refractivity contribution in [2.45, 2.75) is 84.3 Å². The molecule has 27 heavy (non-hydrogen) atoms. The van der Waals surface area contributed by atoms with Gasteiger partial charge in [-0.1, -0.05) is 51.7 Å². The second-order valence-electron chi connectivity index (χ2n) is 9.97. The second kappa shape index (κ2) is 7.43. The molecule has 5 nitrogen and oxygen atoms in total. The van der Waals surface area contributed by atoms with Gasteiger partial charge in [-0.25, -0.2) is 0 Å². The lowest BCUT2D eigenvalue weighted by atomic mass is 9.78. The number of carbonyl (C=O) groups excluding carboxylic acids is 2. The van der Waals surface area contributed by atoms with E-state index in [1.807, 2.05) is 27.7 Å². The third-order valence-corrected chi connectivity index (χ3v) is 12.7. The maximum atomic E-state index is 13.2. The first-order valence-electron chi connectivity index (χ1n) is 9.59. The standard InChI is InChI=1S/C19H34N2O3S2Si/c1-11(16(23)21-17(25)26-10-19(21,6)7)14-13(15(22)20-14)12(2)24-27(8,9)18(3,4)5/h11-14H,10H2,1-9H3,(H,20,22)/t11-,12-,13-,14-/m1/s1. The molecule has 0 saturated carbocycles. The number of hydrogen-bond donors (Lipinski definition) is 1. The molecular weight excluding hydrogens is 396 g/mol. The van der Waals surface area contributed by atoms with Gasteiger partial charge in [0.2, 0.25) is 11.8 Å². The average Bonchev–Trinajstić information content (AvgIpc) is 2.74. The summed E-state index contributed by atoms with van der Waals surface area (Å²) in [6, 6.07) is -0.214. The van der Waals surface area contributed by atoms with Crippen LogP contribution in [0.2, 0.25) is 18.1 Å². The molecule has 2 saturated heterocycles. The molecule has 2 fully saturated rings. The summed E-state index contributed by atoms with van der Waals surface area (Å²) in [5.74, 6) is 0.127. The Kier molecular flexibility index (Phi) is 6.28. The van der Waals surface area contributed by atoms with E-state index < -0.39 is 8.32 Å². The third-order valence-electron chi connectivity index (χ3n) is 6.28. The number of β-lactam (4-membered cyclic amide) rings is 1. The minimum atomic E-state index is -1.99. The highest BCUT2D eigenvalue weighted by atomic mass is 32.2. The van der Waals surface area contributed by atoms with E-state index >= 15 is 0 Å². The average molecular weight is 431 g/mol. The molecule has 2 amide bonds. The van der Waals surface area contributed by atoms with Gasteiger partial charge in [0.15, 0.2) is 8.32 Å². The van der Waals surface area contributed by atoms with Crippen LogP contribution < -0.4 is 5.32 Å². The molecule has 0 aromatic heterocycles. The van der Waals surface area contributed by atoms with Crippen molar-refractivity contribution in [2.75, 3.05) is 5.75 Å². The van der Waals surface area contributed by atoms with Crippen molar-refractivity contribution in [3.63, 3.8) is 0 Å². The summed E-state index contributed by atoms with van der Waals surface area (Å²) >= 11 is 6.95. The summed E-state index contributed by atoms with van der Waals surface area (Å²) in [5.41, 5.74) is -0.292. The topological polar surface area (TPSA) is 58.6 Å². The molecule has 0 aromatic rings. The van der Waals surface area contributed by atoms with Gasteiger partial charge < -0.3 is 9.74 Å². The number of hydrogen-bond acceptors (Lipinski definition) is 5. The largest absolute Gasteiger partial charge is 0.413 e. The Morgan fingerprint density at radius 1 is 1.37 bits per heavy atom. The molecule has 1 N–H and O–H groups in total. The first kappa shape index (κ1) is 22.8. The van der Waals surface area contributed by atoms with Gasteiger partial charge in [0, 0.05) is 5.75 Å². The van der Waals surface area contributed by atoms with Crippen LogP contribution in [0.1, 0.15) is 48.5 Å². The molecule has 0 bridgehead atoms. The Morgan fingerprint density at radius 3 is 2.33 bits per heavy atom. The van der Waals surface area contributed by atoms with E-state index in [9.17, 15) is 9.59 Å². The molecule has 4 atom stereocenters. The molecule has 0 radical (unpaired) electrons. The number of thiocarbonyl (C=S) groups is 1. The zero-order valence-corrected chi connectivity index (χ0v) is 20.6. The van der Waals surface area contributed by atoms with Crippen LogP contribution in [-0.4, -0.2) is 52.8 Å². The van der Waals surface area contributed by atoms with Crippen LogP contribution in [0.4, 0.5) is 0 Å². The number of rotatable bonds is 5. The van der Waals surface area contributed by atoms with Gasteiger partial charge in [0.25, 0.3) is 0 Å². The summed E-state index contributed by atoms with van der Waals surface area (Å²) < 4.78 is 7.08. The summed E-state index contributed by atoms with van der Waals surface area (Å²) in [6.45, 7) is 18.8. The Labute approximate surface area is 174 Å². The van der Waals surface area contributed by atoms with Crippen LogP contribution in [0.3, 0.4) is 0 Å². The van der Waals surface area contributed by atoms with Crippen LogP contribution >= 0.6 is 24.0 Å². The van der Waals surface area contributed by atoms with E-state index in [-0.39, 0.29) is 46.4 Å². The summed E-state index contributed by atoms with van der Waals surface area (Å²) in [7, 11) is -1.99. The Morgan fingerprint density at radius 2 is 1.93 bits per heavy atom. The predicted octanol–water partition coefficient (Wildman–Crippen LogP) is 3.79. The molecule has 0 unspecified atom stereocenters. The van der Waals surface area contributed by atoms with Gasteiger partial charge in [0.1, 0.15) is 4.32 Å². The SMILES string of the molecule is C[C@@H](O[Si](C)(C)C(C)(C)C)[C@H]1C(=O)N[C@@H]1[C@@H](C)C(=O)N1C(=S)SCC1(C)C. The number of carbonyl (C=O) groups is 2. The number of thioether (sulfide) groups is 1. The quantitative estimate of drug-likeness (QED) is 0.408. The minimum Gasteiger partial charge on any atom is -0.413 e. The van der Waals surface area contributed by atoms with Gasteiger partial charge in [-0.15, -0.1) is 0 Å². The Bertz CT molecular complexity index is 645. The van der Waals surface area contributed by atoms with Crippen molar-refractivity contribution < 1.29 is 14.0 Å². The normalized spacial score (nSPS) is 27.8. The lowest BCUT2D eigenvalue weighted by Crippen LogP contribution is -2.68. The van der Waals surface area contributed by atoms with Crippen molar-refractivity contribution in [2.24, 2.45) is 11.8 Å². The highest BCUT2D eigenvalue weighted by Crippen LogP contribution is 2.40. The van der Waals surface area contributed by atoms with E-state index in [2.05, 4.69) is 39.2 Å². The molecule has 0 aromatic carbocycles. The summed E-state index contributed by atoms with van der Waals surface area (Å²) in [5, 5.41) is 3.01. The molecule has 0 aliphatic carbocycles. The van der Waals surface area contributed by atoms with Gasteiger partial charge in [-0.2, -0.15) is 0 Å². The van der Waals surface area contributed by atoms with Gasteiger partial charge in [-0.05, 0) is 38.9 Å². The van der Waals surface area contributed by atoms with E-state index in [0.29, 0.717) is 4.32 Å². The molecule has 2 rings (SSSR count). The fourth-order valence-corrected chi connectivity index (χ4v) is 6.45. The van der Waals surface area contributed by atoms with Gasteiger partial charge >= 0.3 is 0 Å². The van der Waals surface area contributed by atoms with Gasteiger partial charge in [0.05, 0.1) is 29.5 Å². The highest BCUT2D eigenvalue weighted by Gasteiger charge is 2.52. The fourth-order valence-electron chi connectivity index (χ4n) is 3.43. The zero-order chi connectivity index (χ0) is 20.9. The molecule has 2 aliphatic heterocycles. The molecule has 2 aliphatic rings. The highest BCUT2D eigenvalue weighted by molar-refractivity contribution is 8.23.